The van der Waals surface area contributed by atoms with E-state index in [1.54, 1.807) is 30.3 Å². The minimum atomic E-state index is -3.57. The molecule has 0 spiro atoms. The number of carbonyl (C=O) groups excluding carboxylic acids is 2. The lowest BCUT2D eigenvalue weighted by molar-refractivity contribution is -0.114. The second-order valence-corrected chi connectivity index (χ2v) is 9.65. The molecule has 9 heteroatoms. The third-order valence-electron chi connectivity index (χ3n) is 4.75. The fraction of sp³-hybridized carbons (Fsp3) is 0.333. The maximum atomic E-state index is 12.4. The van der Waals surface area contributed by atoms with E-state index >= 15 is 0 Å². The molecule has 0 aromatic heterocycles. The summed E-state index contributed by atoms with van der Waals surface area (Å²) in [5.41, 5.74) is 2.39. The predicted octanol–water partition coefficient (Wildman–Crippen LogP) is 2.19. The number of hydrogen-bond acceptors (Lipinski definition) is 5. The molecule has 3 rings (SSSR count). The van der Waals surface area contributed by atoms with Crippen LogP contribution in [0.25, 0.3) is 0 Å². The zero-order chi connectivity index (χ0) is 21.9. The molecule has 1 aliphatic carbocycles. The van der Waals surface area contributed by atoms with Crippen LogP contribution in [0.4, 0.5) is 11.4 Å². The van der Waals surface area contributed by atoms with Crippen LogP contribution in [-0.2, 0) is 14.8 Å². The predicted molar refractivity (Wildman–Crippen MR) is 116 cm³/mol. The topological polar surface area (TPSA) is 108 Å². The highest BCUT2D eigenvalue weighted by Gasteiger charge is 2.24. The van der Waals surface area contributed by atoms with Crippen LogP contribution in [0.3, 0.4) is 0 Å². The van der Waals surface area contributed by atoms with E-state index in [4.69, 9.17) is 0 Å². The Hall–Kier alpha value is -2.91. The summed E-state index contributed by atoms with van der Waals surface area (Å²) in [6.45, 7) is 1.78. The van der Waals surface area contributed by atoms with Crippen molar-refractivity contribution < 1.29 is 18.0 Å². The molecule has 1 aliphatic rings. The number of amides is 2. The monoisotopic (exact) mass is 430 g/mol. The molecule has 0 saturated heterocycles. The molecular formula is C21H26N4O4S. The van der Waals surface area contributed by atoms with E-state index in [9.17, 15) is 18.0 Å². The first kappa shape index (κ1) is 21.8. The van der Waals surface area contributed by atoms with E-state index in [1.807, 2.05) is 6.92 Å². The number of rotatable bonds is 8. The van der Waals surface area contributed by atoms with Crippen molar-refractivity contribution in [3.8, 4) is 0 Å². The van der Waals surface area contributed by atoms with Crippen molar-refractivity contribution in [1.82, 2.24) is 9.62 Å². The summed E-state index contributed by atoms with van der Waals surface area (Å²) >= 11 is 0. The number of anilines is 2. The van der Waals surface area contributed by atoms with E-state index in [2.05, 4.69) is 16.0 Å². The Morgan fingerprint density at radius 3 is 2.50 bits per heavy atom. The summed E-state index contributed by atoms with van der Waals surface area (Å²) in [6.07, 6.45) is 2.01. The maximum Gasteiger partial charge on any atom is 0.251 e. The first-order chi connectivity index (χ1) is 14.2. The lowest BCUT2D eigenvalue weighted by Crippen LogP contribution is -2.26. The van der Waals surface area contributed by atoms with Crippen molar-refractivity contribution in [2.24, 2.45) is 0 Å². The average molecular weight is 431 g/mol. The Kier molecular flexibility index (Phi) is 6.42. The molecular weight excluding hydrogens is 404 g/mol. The van der Waals surface area contributed by atoms with Gasteiger partial charge in [0.15, 0.2) is 0 Å². The van der Waals surface area contributed by atoms with E-state index in [1.165, 1.54) is 26.2 Å². The third kappa shape index (κ3) is 5.37. The van der Waals surface area contributed by atoms with Crippen LogP contribution < -0.4 is 16.0 Å². The summed E-state index contributed by atoms with van der Waals surface area (Å²) in [5.74, 6) is -0.462. The van der Waals surface area contributed by atoms with E-state index in [0.717, 1.165) is 22.7 Å². The number of sulfonamides is 1. The van der Waals surface area contributed by atoms with Gasteiger partial charge in [0, 0.05) is 37.1 Å². The molecule has 0 aliphatic heterocycles. The average Bonchev–Trinajstić information content (AvgIpc) is 3.51. The van der Waals surface area contributed by atoms with Gasteiger partial charge in [0.2, 0.25) is 15.9 Å². The molecule has 0 atom stereocenters. The molecule has 2 aromatic rings. The van der Waals surface area contributed by atoms with Gasteiger partial charge in [-0.1, -0.05) is 12.1 Å². The van der Waals surface area contributed by atoms with Crippen molar-refractivity contribution in [2.75, 3.05) is 31.3 Å². The molecule has 3 N–H and O–H groups in total. The Balaban J connectivity index is 1.63. The highest BCUT2D eigenvalue weighted by atomic mass is 32.2. The molecule has 0 bridgehead atoms. The smallest absolute Gasteiger partial charge is 0.251 e. The van der Waals surface area contributed by atoms with E-state index < -0.39 is 10.0 Å². The zero-order valence-electron chi connectivity index (χ0n) is 17.2. The lowest BCUT2D eigenvalue weighted by Gasteiger charge is -2.15. The summed E-state index contributed by atoms with van der Waals surface area (Å²) in [5, 5.41) is 8.65. The highest BCUT2D eigenvalue weighted by molar-refractivity contribution is 7.89. The summed E-state index contributed by atoms with van der Waals surface area (Å²) in [7, 11) is -0.632. The van der Waals surface area contributed by atoms with E-state index in [0.29, 0.717) is 16.9 Å². The van der Waals surface area contributed by atoms with Gasteiger partial charge < -0.3 is 16.0 Å². The molecule has 30 heavy (non-hydrogen) atoms. The lowest BCUT2D eigenvalue weighted by atomic mass is 10.2. The first-order valence-electron chi connectivity index (χ1n) is 9.64. The number of nitrogens with one attached hydrogen (secondary N) is 3. The summed E-state index contributed by atoms with van der Waals surface area (Å²) in [6, 6.07) is 11.8. The van der Waals surface area contributed by atoms with Crippen molar-refractivity contribution in [1.29, 1.82) is 0 Å². The van der Waals surface area contributed by atoms with Crippen molar-refractivity contribution in [2.45, 2.75) is 30.7 Å². The first-order valence-corrected chi connectivity index (χ1v) is 11.1. The number of nitrogens with zero attached hydrogens (tertiary/aromatic N) is 1. The SMILES string of the molecule is Cc1ccc(S(=O)(=O)N(C)C)cc1NCC(=O)Nc1cccc(C(=O)NC2CC2)c1. The van der Waals surface area contributed by atoms with Gasteiger partial charge in [0.25, 0.3) is 5.91 Å². The van der Waals surface area contributed by atoms with Crippen molar-refractivity contribution in [3.05, 3.63) is 53.6 Å². The largest absolute Gasteiger partial charge is 0.376 e. The zero-order valence-corrected chi connectivity index (χ0v) is 18.0. The molecule has 2 amide bonds. The van der Waals surface area contributed by atoms with Gasteiger partial charge in [-0.25, -0.2) is 12.7 Å². The van der Waals surface area contributed by atoms with Gasteiger partial charge in [-0.3, -0.25) is 9.59 Å². The standard InChI is InChI=1S/C21H26N4O4S/c1-14-7-10-18(30(28,29)25(2)3)12-19(14)22-13-20(26)23-17-6-4-5-15(11-17)21(27)24-16-8-9-16/h4-7,10-12,16,22H,8-9,13H2,1-3H3,(H,23,26)(H,24,27). The number of benzene rings is 2. The van der Waals surface area contributed by atoms with Crippen LogP contribution in [0.1, 0.15) is 28.8 Å². The minimum absolute atomic E-state index is 0.0508. The fourth-order valence-corrected chi connectivity index (χ4v) is 3.71. The third-order valence-corrected chi connectivity index (χ3v) is 6.56. The quantitative estimate of drug-likeness (QED) is 0.595. The molecule has 8 nitrogen and oxygen atoms in total. The van der Waals surface area contributed by atoms with Crippen molar-refractivity contribution >= 4 is 33.2 Å². The molecule has 1 saturated carbocycles. The molecule has 2 aromatic carbocycles. The Bertz CT molecular complexity index is 1060. The van der Waals surface area contributed by atoms with Gasteiger partial charge in [-0.2, -0.15) is 0 Å². The second-order valence-electron chi connectivity index (χ2n) is 7.49. The van der Waals surface area contributed by atoms with E-state index in [-0.39, 0.29) is 29.3 Å². The van der Waals surface area contributed by atoms with Gasteiger partial charge >= 0.3 is 0 Å². The Morgan fingerprint density at radius 2 is 1.83 bits per heavy atom. The summed E-state index contributed by atoms with van der Waals surface area (Å²) in [4.78, 5) is 24.7. The van der Waals surface area contributed by atoms with Gasteiger partial charge in [0.05, 0.1) is 11.4 Å². The van der Waals surface area contributed by atoms with Crippen LogP contribution >= 0.6 is 0 Å². The molecule has 1 fully saturated rings. The number of carbonyl (C=O) groups is 2. The van der Waals surface area contributed by atoms with Crippen molar-refractivity contribution in [3.63, 3.8) is 0 Å². The van der Waals surface area contributed by atoms with Crippen LogP contribution in [0.2, 0.25) is 0 Å². The number of aryl methyl sites for hydroxylation is 1. The van der Waals surface area contributed by atoms with Crippen LogP contribution in [0.15, 0.2) is 47.4 Å². The van der Waals surface area contributed by atoms with Gasteiger partial charge in [-0.05, 0) is 55.7 Å². The highest BCUT2D eigenvalue weighted by Crippen LogP contribution is 2.22. The molecule has 0 radical (unpaired) electrons. The normalized spacial score (nSPS) is 13.7. The molecule has 0 heterocycles. The maximum absolute atomic E-state index is 12.4. The fourth-order valence-electron chi connectivity index (χ4n) is 2.78. The van der Waals surface area contributed by atoms with Gasteiger partial charge in [0.1, 0.15) is 0 Å². The van der Waals surface area contributed by atoms with Crippen LogP contribution in [-0.4, -0.2) is 51.2 Å². The van der Waals surface area contributed by atoms with Crippen LogP contribution in [0.5, 0.6) is 0 Å². The number of hydrogen-bond donors (Lipinski definition) is 3. The Labute approximate surface area is 176 Å². The van der Waals surface area contributed by atoms with Gasteiger partial charge in [-0.15, -0.1) is 0 Å². The summed E-state index contributed by atoms with van der Waals surface area (Å²) < 4.78 is 25.8. The Morgan fingerprint density at radius 1 is 1.10 bits per heavy atom. The molecule has 160 valence electrons. The minimum Gasteiger partial charge on any atom is -0.376 e. The molecule has 0 unspecified atom stereocenters. The van der Waals surface area contributed by atoms with Crippen LogP contribution in [0, 0.1) is 6.92 Å². The second kappa shape index (κ2) is 8.85.